The molecule has 0 bridgehead atoms. The molecule has 3 nitrogen and oxygen atoms in total. The van der Waals surface area contributed by atoms with Gasteiger partial charge in [-0.1, -0.05) is 31.2 Å². The topological polar surface area (TPSA) is 32.3 Å². The number of nitrogens with one attached hydrogen (secondary N) is 1. The number of hydrogen-bond donors (Lipinski definition) is 1. The number of nitrogens with zero attached hydrogens (tertiary/aromatic N) is 1. The lowest BCUT2D eigenvalue weighted by Crippen LogP contribution is -2.39. The summed E-state index contributed by atoms with van der Waals surface area (Å²) in [5, 5.41) is 3.00. The molecule has 1 aliphatic heterocycles. The van der Waals surface area contributed by atoms with Gasteiger partial charge in [-0.2, -0.15) is 13.2 Å². The second-order valence-corrected chi connectivity index (χ2v) is 4.97. The van der Waals surface area contributed by atoms with Crippen LogP contribution in [0.4, 0.5) is 13.2 Å². The van der Waals surface area contributed by atoms with Crippen LogP contribution in [0.2, 0.25) is 0 Å². The van der Waals surface area contributed by atoms with Gasteiger partial charge in [-0.05, 0) is 24.5 Å². The van der Waals surface area contributed by atoms with E-state index in [9.17, 15) is 18.0 Å². The van der Waals surface area contributed by atoms with Gasteiger partial charge in [-0.25, -0.2) is 0 Å². The second kappa shape index (κ2) is 5.44. The van der Waals surface area contributed by atoms with E-state index >= 15 is 0 Å². The molecule has 2 atom stereocenters. The van der Waals surface area contributed by atoms with Gasteiger partial charge >= 0.3 is 6.18 Å². The first-order valence-electron chi connectivity index (χ1n) is 6.52. The lowest BCUT2D eigenvalue weighted by Gasteiger charge is -2.26. The zero-order valence-electron chi connectivity index (χ0n) is 11.4. The van der Waals surface area contributed by atoms with Crippen LogP contribution in [-0.4, -0.2) is 29.6 Å². The fourth-order valence-corrected chi connectivity index (χ4v) is 2.49. The van der Waals surface area contributed by atoms with Crippen molar-refractivity contribution >= 4 is 5.91 Å². The second-order valence-electron chi connectivity index (χ2n) is 4.97. The van der Waals surface area contributed by atoms with Crippen LogP contribution in [0.5, 0.6) is 0 Å². The van der Waals surface area contributed by atoms with Crippen LogP contribution in [0.1, 0.15) is 30.6 Å². The molecule has 0 spiro atoms. The van der Waals surface area contributed by atoms with E-state index < -0.39 is 30.8 Å². The minimum atomic E-state index is -4.40. The number of carbonyl (C=O) groups excluding carboxylic acids is 1. The van der Waals surface area contributed by atoms with Crippen molar-refractivity contribution in [2.75, 3.05) is 6.54 Å². The summed E-state index contributed by atoms with van der Waals surface area (Å²) < 4.78 is 38.0. The molecule has 2 rings (SSSR count). The molecule has 0 radical (unpaired) electrons. The first-order valence-corrected chi connectivity index (χ1v) is 6.52. The minimum absolute atomic E-state index is 0.468. The van der Waals surface area contributed by atoms with E-state index in [1.54, 1.807) is 19.1 Å². The van der Waals surface area contributed by atoms with E-state index in [1.165, 1.54) is 0 Å². The van der Waals surface area contributed by atoms with Crippen molar-refractivity contribution in [3.05, 3.63) is 35.4 Å². The number of amides is 1. The Morgan fingerprint density at radius 3 is 2.50 bits per heavy atom. The molecule has 0 aromatic heterocycles. The highest BCUT2D eigenvalue weighted by molar-refractivity contribution is 5.84. The Morgan fingerprint density at radius 2 is 1.95 bits per heavy atom. The third kappa shape index (κ3) is 2.95. The lowest BCUT2D eigenvalue weighted by molar-refractivity contribution is -0.161. The number of aryl methyl sites for hydroxylation is 1. The summed E-state index contributed by atoms with van der Waals surface area (Å²) >= 11 is 0. The van der Waals surface area contributed by atoms with Gasteiger partial charge in [0.2, 0.25) is 5.91 Å². The largest absolute Gasteiger partial charge is 0.406 e. The molecule has 20 heavy (non-hydrogen) atoms. The van der Waals surface area contributed by atoms with E-state index in [0.29, 0.717) is 12.0 Å². The van der Waals surface area contributed by atoms with Crippen LogP contribution in [-0.2, 0) is 4.79 Å². The summed E-state index contributed by atoms with van der Waals surface area (Å²) in [7, 11) is 0. The first-order chi connectivity index (χ1) is 9.33. The van der Waals surface area contributed by atoms with Crippen LogP contribution < -0.4 is 5.32 Å². The Kier molecular flexibility index (Phi) is 4.04. The van der Waals surface area contributed by atoms with Crippen LogP contribution in [0.15, 0.2) is 24.3 Å². The maximum absolute atomic E-state index is 12.7. The van der Waals surface area contributed by atoms with Crippen molar-refractivity contribution in [2.24, 2.45) is 0 Å². The van der Waals surface area contributed by atoms with Crippen LogP contribution in [0.25, 0.3) is 0 Å². The molecule has 1 aromatic carbocycles. The van der Waals surface area contributed by atoms with E-state index in [4.69, 9.17) is 0 Å². The van der Waals surface area contributed by atoms with Gasteiger partial charge in [0.05, 0.1) is 6.04 Å². The van der Waals surface area contributed by atoms with Crippen molar-refractivity contribution in [1.82, 2.24) is 10.2 Å². The zero-order chi connectivity index (χ0) is 14.9. The first kappa shape index (κ1) is 14.8. The third-order valence-electron chi connectivity index (χ3n) is 3.49. The molecule has 1 saturated heterocycles. The predicted molar refractivity (Wildman–Crippen MR) is 68.9 cm³/mol. The summed E-state index contributed by atoms with van der Waals surface area (Å²) in [6.07, 6.45) is -4.65. The zero-order valence-corrected chi connectivity index (χ0v) is 11.4. The number of benzene rings is 1. The van der Waals surface area contributed by atoms with Crippen molar-refractivity contribution in [2.45, 2.75) is 38.7 Å². The van der Waals surface area contributed by atoms with E-state index in [-0.39, 0.29) is 0 Å². The van der Waals surface area contributed by atoms with Gasteiger partial charge in [-0.15, -0.1) is 0 Å². The maximum atomic E-state index is 12.7. The van der Waals surface area contributed by atoms with E-state index in [1.807, 2.05) is 19.1 Å². The molecular formula is C14H17F3N2O. The number of halogens is 3. The normalized spacial score (nSPS) is 23.4. The molecule has 1 amide bonds. The highest BCUT2D eigenvalue weighted by Crippen LogP contribution is 2.31. The maximum Gasteiger partial charge on any atom is 0.406 e. The molecule has 1 N–H and O–H groups in total. The molecule has 1 aromatic rings. The monoisotopic (exact) mass is 286 g/mol. The van der Waals surface area contributed by atoms with Gasteiger partial charge in [0.15, 0.2) is 0 Å². The Balaban J connectivity index is 2.34. The number of carbonyl (C=O) groups is 1. The Bertz CT molecular complexity index is 501. The van der Waals surface area contributed by atoms with Gasteiger partial charge in [0, 0.05) is 0 Å². The molecule has 0 saturated carbocycles. The van der Waals surface area contributed by atoms with Gasteiger partial charge in [-0.3, -0.25) is 10.1 Å². The number of rotatable bonds is 3. The third-order valence-corrected chi connectivity index (χ3v) is 3.49. The molecule has 0 aliphatic carbocycles. The SMILES string of the molecule is CCC1NC(c2ccccc2C)N(CC(F)(F)F)C1=O. The summed E-state index contributed by atoms with van der Waals surface area (Å²) in [5.74, 6) is -0.488. The van der Waals surface area contributed by atoms with Crippen LogP contribution >= 0.6 is 0 Å². The highest BCUT2D eigenvalue weighted by atomic mass is 19.4. The molecule has 110 valence electrons. The summed E-state index contributed by atoms with van der Waals surface area (Å²) in [4.78, 5) is 13.0. The molecule has 1 aliphatic rings. The molecule has 1 heterocycles. The summed E-state index contributed by atoms with van der Waals surface area (Å²) in [6.45, 7) is 2.38. The average Bonchev–Trinajstić information content (AvgIpc) is 2.66. The van der Waals surface area contributed by atoms with Crippen LogP contribution in [0.3, 0.4) is 0 Å². The smallest absolute Gasteiger partial charge is 0.312 e. The predicted octanol–water partition coefficient (Wildman–Crippen LogP) is 2.77. The Labute approximate surface area is 115 Å². The van der Waals surface area contributed by atoms with Gasteiger partial charge in [0.25, 0.3) is 0 Å². The van der Waals surface area contributed by atoms with E-state index in [0.717, 1.165) is 10.5 Å². The van der Waals surface area contributed by atoms with Crippen molar-refractivity contribution in [1.29, 1.82) is 0 Å². The highest BCUT2D eigenvalue weighted by Gasteiger charge is 2.44. The molecule has 2 unspecified atom stereocenters. The quantitative estimate of drug-likeness (QED) is 0.926. The molecular weight excluding hydrogens is 269 g/mol. The van der Waals surface area contributed by atoms with Gasteiger partial charge < -0.3 is 4.90 Å². The summed E-state index contributed by atoms with van der Waals surface area (Å²) in [5.41, 5.74) is 1.57. The van der Waals surface area contributed by atoms with Crippen LogP contribution in [0, 0.1) is 6.92 Å². The fourth-order valence-electron chi connectivity index (χ4n) is 2.49. The molecule has 1 fully saturated rings. The fraction of sp³-hybridized carbons (Fsp3) is 0.500. The van der Waals surface area contributed by atoms with Gasteiger partial charge in [0.1, 0.15) is 12.7 Å². The summed E-state index contributed by atoms with van der Waals surface area (Å²) in [6, 6.07) is 6.61. The van der Waals surface area contributed by atoms with Crippen molar-refractivity contribution < 1.29 is 18.0 Å². The van der Waals surface area contributed by atoms with Crippen molar-refractivity contribution in [3.63, 3.8) is 0 Å². The lowest BCUT2D eigenvalue weighted by atomic mass is 10.1. The van der Waals surface area contributed by atoms with Crippen molar-refractivity contribution in [3.8, 4) is 0 Å². The standard InChI is InChI=1S/C14H17F3N2O/c1-3-11-13(20)19(8-14(15,16)17)12(18-11)10-7-5-4-6-9(10)2/h4-7,11-12,18H,3,8H2,1-2H3. The Hall–Kier alpha value is -1.56. The molecule has 6 heteroatoms. The average molecular weight is 286 g/mol. The Morgan fingerprint density at radius 1 is 1.30 bits per heavy atom. The number of alkyl halides is 3. The minimum Gasteiger partial charge on any atom is -0.312 e. The van der Waals surface area contributed by atoms with E-state index in [2.05, 4.69) is 5.32 Å². The number of hydrogen-bond acceptors (Lipinski definition) is 2.